The molecular formula is C27H36ClNO7S2. The minimum atomic E-state index is -3.94. The van der Waals surface area contributed by atoms with Gasteiger partial charge in [0.1, 0.15) is 16.9 Å². The third kappa shape index (κ3) is 8.17. The number of aryl methyl sites for hydroxylation is 1. The first-order valence-corrected chi connectivity index (χ1v) is 15.2. The molecule has 38 heavy (non-hydrogen) atoms. The summed E-state index contributed by atoms with van der Waals surface area (Å²) in [5, 5.41) is 12.7. The van der Waals surface area contributed by atoms with Crippen molar-refractivity contribution in [2.45, 2.75) is 67.1 Å². The van der Waals surface area contributed by atoms with E-state index in [0.717, 1.165) is 10.5 Å². The summed E-state index contributed by atoms with van der Waals surface area (Å²) < 4.78 is 43.3. The molecule has 6 atom stereocenters. The largest absolute Gasteiger partial charge is 0.460 e. The van der Waals surface area contributed by atoms with E-state index in [-0.39, 0.29) is 35.9 Å². The fourth-order valence-electron chi connectivity index (χ4n) is 4.46. The van der Waals surface area contributed by atoms with Gasteiger partial charge >= 0.3 is 5.97 Å². The highest BCUT2D eigenvalue weighted by molar-refractivity contribution is 8.00. The number of alkyl halides is 1. The third-order valence-corrected chi connectivity index (χ3v) is 9.44. The second-order valence-electron chi connectivity index (χ2n) is 9.77. The van der Waals surface area contributed by atoms with E-state index in [9.17, 15) is 18.3 Å². The van der Waals surface area contributed by atoms with Gasteiger partial charge in [0.15, 0.2) is 0 Å². The second-order valence-corrected chi connectivity index (χ2v) is 13.2. The van der Waals surface area contributed by atoms with Crippen LogP contribution in [0.1, 0.15) is 32.8 Å². The molecule has 1 unspecified atom stereocenters. The zero-order chi connectivity index (χ0) is 27.9. The number of esters is 1. The standard InChI is InChI=1S/C27H36ClNO7S2/c1-18-10-12-22(13-11-18)38(32,33)34-16-19(2)20(3)26-25(29-17-30)23(35-24(31)15-28)14-27(4,36-26)37-21-8-6-5-7-9-21/h5-13,19-20,23,25-26,29-30H,14-17H2,1-4H3/t19-,20-,23-,25-,26?,27+/m1/s1. The molecule has 8 nitrogen and oxygen atoms in total. The fourth-order valence-corrected chi connectivity index (χ4v) is 6.73. The molecule has 210 valence electrons. The van der Waals surface area contributed by atoms with Crippen LogP contribution in [0.25, 0.3) is 0 Å². The van der Waals surface area contributed by atoms with Gasteiger partial charge in [-0.15, -0.1) is 11.6 Å². The van der Waals surface area contributed by atoms with E-state index in [0.29, 0.717) is 6.42 Å². The predicted molar refractivity (Wildman–Crippen MR) is 147 cm³/mol. The normalized spacial score (nSPS) is 25.5. The Labute approximate surface area is 234 Å². The molecule has 1 aliphatic heterocycles. The van der Waals surface area contributed by atoms with Crippen molar-refractivity contribution in [1.29, 1.82) is 0 Å². The second kappa shape index (κ2) is 13.6. The number of nitrogens with one attached hydrogen (secondary N) is 1. The average Bonchev–Trinajstić information content (AvgIpc) is 2.89. The van der Waals surface area contributed by atoms with Crippen LogP contribution < -0.4 is 5.32 Å². The lowest BCUT2D eigenvalue weighted by atomic mass is 9.82. The van der Waals surface area contributed by atoms with Crippen molar-refractivity contribution < 1.29 is 32.0 Å². The van der Waals surface area contributed by atoms with Gasteiger partial charge in [-0.25, -0.2) is 0 Å². The smallest absolute Gasteiger partial charge is 0.321 e. The highest BCUT2D eigenvalue weighted by Crippen LogP contribution is 2.45. The molecule has 0 spiro atoms. The van der Waals surface area contributed by atoms with Gasteiger partial charge in [0.2, 0.25) is 0 Å². The first-order chi connectivity index (χ1) is 18.0. The Morgan fingerprint density at radius 1 is 1.21 bits per heavy atom. The van der Waals surface area contributed by atoms with Crippen molar-refractivity contribution in [3.8, 4) is 0 Å². The number of carbonyl (C=O) groups excluding carboxylic acids is 1. The molecule has 0 bridgehead atoms. The summed E-state index contributed by atoms with van der Waals surface area (Å²) in [7, 11) is -3.94. The van der Waals surface area contributed by atoms with Crippen LogP contribution >= 0.6 is 23.4 Å². The molecule has 1 saturated heterocycles. The number of hydrogen-bond acceptors (Lipinski definition) is 9. The highest BCUT2D eigenvalue weighted by Gasteiger charge is 2.49. The van der Waals surface area contributed by atoms with Gasteiger partial charge in [-0.1, -0.05) is 61.5 Å². The van der Waals surface area contributed by atoms with Crippen LogP contribution in [0.4, 0.5) is 0 Å². The summed E-state index contributed by atoms with van der Waals surface area (Å²) >= 11 is 7.25. The summed E-state index contributed by atoms with van der Waals surface area (Å²) in [4.78, 5) is 12.5. The maximum atomic E-state index is 12.8. The van der Waals surface area contributed by atoms with E-state index in [2.05, 4.69) is 5.32 Å². The van der Waals surface area contributed by atoms with Crippen molar-refractivity contribution in [2.24, 2.45) is 11.8 Å². The number of ether oxygens (including phenoxy) is 2. The van der Waals surface area contributed by atoms with Crippen molar-refractivity contribution in [3.63, 3.8) is 0 Å². The molecule has 0 amide bonds. The molecule has 1 fully saturated rings. The molecule has 1 heterocycles. The molecule has 2 aromatic rings. The van der Waals surface area contributed by atoms with Crippen LogP contribution in [0.2, 0.25) is 0 Å². The minimum Gasteiger partial charge on any atom is -0.460 e. The quantitative estimate of drug-likeness (QED) is 0.163. The zero-order valence-electron chi connectivity index (χ0n) is 22.0. The number of halogens is 1. The Bertz CT molecular complexity index is 1150. The summed E-state index contributed by atoms with van der Waals surface area (Å²) in [5.41, 5.74) is 0.948. The summed E-state index contributed by atoms with van der Waals surface area (Å²) in [6.45, 7) is 7.19. The summed E-state index contributed by atoms with van der Waals surface area (Å²) in [5.74, 6) is -1.38. The summed E-state index contributed by atoms with van der Waals surface area (Å²) in [6, 6.07) is 15.7. The first-order valence-electron chi connectivity index (χ1n) is 12.5. The van der Waals surface area contributed by atoms with Gasteiger partial charge in [-0.2, -0.15) is 8.42 Å². The number of benzene rings is 2. The van der Waals surface area contributed by atoms with Crippen molar-refractivity contribution in [3.05, 3.63) is 60.2 Å². The minimum absolute atomic E-state index is 0.0717. The Balaban J connectivity index is 1.82. The van der Waals surface area contributed by atoms with Gasteiger partial charge in [-0.05, 0) is 49.9 Å². The van der Waals surface area contributed by atoms with E-state index in [1.54, 1.807) is 12.1 Å². The maximum Gasteiger partial charge on any atom is 0.321 e. The Kier molecular flexibility index (Phi) is 11.1. The number of aliphatic hydroxyl groups is 1. The number of hydrogen-bond donors (Lipinski definition) is 2. The highest BCUT2D eigenvalue weighted by atomic mass is 35.5. The van der Waals surface area contributed by atoms with Crippen molar-refractivity contribution in [1.82, 2.24) is 5.32 Å². The van der Waals surface area contributed by atoms with Gasteiger partial charge in [0.25, 0.3) is 10.1 Å². The third-order valence-electron chi connectivity index (χ3n) is 6.72. The molecule has 0 radical (unpaired) electrons. The lowest BCUT2D eigenvalue weighted by Crippen LogP contribution is -2.62. The van der Waals surface area contributed by atoms with Gasteiger partial charge in [0.05, 0.1) is 30.4 Å². The number of carbonyl (C=O) groups is 1. The molecule has 0 aromatic heterocycles. The summed E-state index contributed by atoms with van der Waals surface area (Å²) in [6.07, 6.45) is -0.839. The molecular weight excluding hydrogens is 550 g/mol. The molecule has 3 rings (SSSR count). The van der Waals surface area contributed by atoms with Crippen molar-refractivity contribution in [2.75, 3.05) is 19.2 Å². The Morgan fingerprint density at radius 2 is 1.87 bits per heavy atom. The van der Waals surface area contributed by atoms with E-state index in [1.807, 2.05) is 58.0 Å². The van der Waals surface area contributed by atoms with E-state index in [4.69, 9.17) is 25.3 Å². The molecule has 2 N–H and O–H groups in total. The van der Waals surface area contributed by atoms with Gasteiger partial charge in [0, 0.05) is 11.3 Å². The molecule has 1 aliphatic rings. The Morgan fingerprint density at radius 3 is 2.47 bits per heavy atom. The number of rotatable bonds is 12. The van der Waals surface area contributed by atoms with Crippen molar-refractivity contribution >= 4 is 39.5 Å². The van der Waals surface area contributed by atoms with E-state index < -0.39 is 39.3 Å². The first kappa shape index (κ1) is 30.9. The number of thioether (sulfide) groups is 1. The van der Waals surface area contributed by atoms with Gasteiger partial charge < -0.3 is 14.6 Å². The molecule has 11 heteroatoms. The van der Waals surface area contributed by atoms with Crippen LogP contribution in [0.15, 0.2) is 64.4 Å². The topological polar surface area (TPSA) is 111 Å². The lowest BCUT2D eigenvalue weighted by molar-refractivity contribution is -0.180. The molecule has 2 aromatic carbocycles. The number of aliphatic hydroxyl groups excluding tert-OH is 1. The monoisotopic (exact) mass is 585 g/mol. The van der Waals surface area contributed by atoms with Gasteiger partial charge in [-0.3, -0.25) is 14.3 Å². The fraction of sp³-hybridized carbons (Fsp3) is 0.519. The van der Waals surface area contributed by atoms with E-state index >= 15 is 0 Å². The lowest BCUT2D eigenvalue weighted by Gasteiger charge is -2.49. The molecule has 0 saturated carbocycles. The van der Waals surface area contributed by atoms with Crippen LogP contribution in [0.5, 0.6) is 0 Å². The van der Waals surface area contributed by atoms with Crippen LogP contribution in [-0.4, -0.2) is 61.9 Å². The average molecular weight is 586 g/mol. The van der Waals surface area contributed by atoms with Crippen LogP contribution in [0.3, 0.4) is 0 Å². The molecule has 0 aliphatic carbocycles. The van der Waals surface area contributed by atoms with E-state index in [1.165, 1.54) is 23.9 Å². The SMILES string of the molecule is Cc1ccc(S(=O)(=O)OC[C@@H](C)[C@@H](C)C2O[C@@](C)(Sc3ccccc3)C[C@@H](OC(=O)CCl)[C@H]2NCO)cc1. The Hall–Kier alpha value is -1.66. The maximum absolute atomic E-state index is 12.8. The zero-order valence-corrected chi connectivity index (χ0v) is 24.4. The predicted octanol–water partition coefficient (Wildman–Crippen LogP) is 4.33. The van der Waals surface area contributed by atoms with Crippen LogP contribution in [0, 0.1) is 18.8 Å². The van der Waals surface area contributed by atoms with Crippen LogP contribution in [-0.2, 0) is 28.6 Å².